The van der Waals surface area contributed by atoms with Crippen LogP contribution in [0.5, 0.6) is 0 Å². The number of nitrogens with zero attached hydrogens (tertiary/aromatic N) is 1. The fourth-order valence-electron chi connectivity index (χ4n) is 0.710. The zero-order chi connectivity index (χ0) is 9.23. The summed E-state index contributed by atoms with van der Waals surface area (Å²) in [5.41, 5.74) is -0.872. The van der Waals surface area contributed by atoms with Crippen LogP contribution in [0.15, 0.2) is 0 Å². The number of hydrogen-bond donors (Lipinski definition) is 0. The maximum Gasteiger partial charge on any atom is 0.235 e. The van der Waals surface area contributed by atoms with Gasteiger partial charge in [-0.15, -0.1) is 0 Å². The van der Waals surface area contributed by atoms with E-state index < -0.39 is 5.41 Å². The first-order valence-corrected chi connectivity index (χ1v) is 3.53. The number of amides is 1. The second kappa shape index (κ2) is 3.03. The summed E-state index contributed by atoms with van der Waals surface area (Å²) in [6, 6.07) is 0. The van der Waals surface area contributed by atoms with Gasteiger partial charge in [0.1, 0.15) is 11.2 Å². The molecular weight excluding hydrogens is 142 g/mol. The van der Waals surface area contributed by atoms with Gasteiger partial charge in [0.05, 0.1) is 0 Å². The van der Waals surface area contributed by atoms with Crippen LogP contribution in [-0.4, -0.2) is 30.7 Å². The lowest BCUT2D eigenvalue weighted by molar-refractivity contribution is -0.144. The average Bonchev–Trinajstić information content (AvgIpc) is 1.85. The minimum Gasteiger partial charge on any atom is -0.348 e. The molecule has 3 nitrogen and oxygen atoms in total. The molecular formula is C8H15NO2. The Morgan fingerprint density at radius 1 is 1.18 bits per heavy atom. The zero-order valence-electron chi connectivity index (χ0n) is 7.76. The second-order valence-corrected chi connectivity index (χ2v) is 3.38. The first-order valence-electron chi connectivity index (χ1n) is 3.53. The molecule has 0 aromatic rings. The first kappa shape index (κ1) is 10.1. The summed E-state index contributed by atoms with van der Waals surface area (Å²) in [6.45, 7) is 4.71. The van der Waals surface area contributed by atoms with Gasteiger partial charge in [-0.3, -0.25) is 9.59 Å². The number of rotatable bonds is 2. The van der Waals surface area contributed by atoms with Crippen molar-refractivity contribution in [1.82, 2.24) is 4.90 Å². The highest BCUT2D eigenvalue weighted by Gasteiger charge is 2.33. The van der Waals surface area contributed by atoms with Crippen molar-refractivity contribution in [3.8, 4) is 0 Å². The molecule has 0 bridgehead atoms. The number of hydrogen-bond acceptors (Lipinski definition) is 2. The van der Waals surface area contributed by atoms with Crippen LogP contribution < -0.4 is 0 Å². The minimum absolute atomic E-state index is 0.101. The highest BCUT2D eigenvalue weighted by Crippen LogP contribution is 2.18. The molecule has 0 saturated heterocycles. The van der Waals surface area contributed by atoms with Crippen molar-refractivity contribution in [1.29, 1.82) is 0 Å². The van der Waals surface area contributed by atoms with E-state index in [0.29, 0.717) is 0 Å². The molecule has 0 saturated carbocycles. The van der Waals surface area contributed by atoms with Crippen molar-refractivity contribution < 1.29 is 9.59 Å². The highest BCUT2D eigenvalue weighted by atomic mass is 16.2. The van der Waals surface area contributed by atoms with Crippen molar-refractivity contribution >= 4 is 11.7 Å². The van der Waals surface area contributed by atoms with Gasteiger partial charge in [0.25, 0.3) is 0 Å². The van der Waals surface area contributed by atoms with Crippen molar-refractivity contribution in [3.05, 3.63) is 0 Å². The van der Waals surface area contributed by atoms with Crippen LogP contribution in [0, 0.1) is 5.41 Å². The molecule has 0 aliphatic rings. The Balaban J connectivity index is 4.56. The Labute approximate surface area is 67.4 Å². The fourth-order valence-corrected chi connectivity index (χ4v) is 0.710. The molecule has 0 aromatic heterocycles. The zero-order valence-corrected chi connectivity index (χ0v) is 7.76. The van der Waals surface area contributed by atoms with Crippen LogP contribution in [0.2, 0.25) is 0 Å². The van der Waals surface area contributed by atoms with Gasteiger partial charge in [-0.1, -0.05) is 0 Å². The Morgan fingerprint density at radius 2 is 1.55 bits per heavy atom. The third-order valence-electron chi connectivity index (χ3n) is 1.82. The Kier molecular flexibility index (Phi) is 2.79. The van der Waals surface area contributed by atoms with E-state index in [-0.39, 0.29) is 11.7 Å². The van der Waals surface area contributed by atoms with Gasteiger partial charge in [-0.2, -0.15) is 0 Å². The topological polar surface area (TPSA) is 37.4 Å². The Bertz CT molecular complexity index is 183. The van der Waals surface area contributed by atoms with Gasteiger partial charge < -0.3 is 4.90 Å². The largest absolute Gasteiger partial charge is 0.348 e. The van der Waals surface area contributed by atoms with E-state index in [1.54, 1.807) is 27.9 Å². The Hall–Kier alpha value is -0.860. The monoisotopic (exact) mass is 157 g/mol. The predicted molar refractivity (Wildman–Crippen MR) is 43.2 cm³/mol. The summed E-state index contributed by atoms with van der Waals surface area (Å²) in [7, 11) is 3.29. The van der Waals surface area contributed by atoms with Gasteiger partial charge in [0.2, 0.25) is 5.91 Å². The van der Waals surface area contributed by atoms with Gasteiger partial charge in [0, 0.05) is 14.1 Å². The summed E-state index contributed by atoms with van der Waals surface area (Å²) in [5.74, 6) is -0.249. The van der Waals surface area contributed by atoms with Gasteiger partial charge in [-0.25, -0.2) is 0 Å². The molecule has 0 unspecified atom stereocenters. The van der Waals surface area contributed by atoms with Crippen molar-refractivity contribution in [2.75, 3.05) is 14.1 Å². The van der Waals surface area contributed by atoms with Crippen molar-refractivity contribution in [2.45, 2.75) is 20.8 Å². The number of Topliss-reactive ketones (excluding diaryl/α,β-unsaturated/α-hetero) is 1. The third-order valence-corrected chi connectivity index (χ3v) is 1.82. The van der Waals surface area contributed by atoms with Crippen LogP contribution in [0.1, 0.15) is 20.8 Å². The maximum atomic E-state index is 11.3. The normalized spacial score (nSPS) is 11.0. The molecule has 0 spiro atoms. The molecule has 0 aromatic carbocycles. The Morgan fingerprint density at radius 3 is 1.64 bits per heavy atom. The van der Waals surface area contributed by atoms with Crippen molar-refractivity contribution in [3.63, 3.8) is 0 Å². The number of carbonyl (C=O) groups excluding carboxylic acids is 2. The number of ketones is 1. The standard InChI is InChI=1S/C8H15NO2/c1-6(10)8(2,3)7(11)9(4)5/h1-5H3. The predicted octanol–water partition coefficient (Wildman–Crippen LogP) is 0.690. The SMILES string of the molecule is CC(=O)C(C)(C)C(=O)N(C)C. The first-order chi connectivity index (χ1) is 4.80. The molecule has 0 fully saturated rings. The van der Waals surface area contributed by atoms with Crippen LogP contribution in [0.4, 0.5) is 0 Å². The van der Waals surface area contributed by atoms with E-state index in [0.717, 1.165) is 0 Å². The lowest BCUT2D eigenvalue weighted by atomic mass is 9.87. The minimum atomic E-state index is -0.872. The molecule has 0 N–H and O–H groups in total. The molecule has 1 amide bonds. The summed E-state index contributed by atoms with van der Waals surface area (Å²) in [5, 5.41) is 0. The molecule has 0 aliphatic carbocycles. The van der Waals surface area contributed by atoms with Crippen molar-refractivity contribution in [2.24, 2.45) is 5.41 Å². The number of carbonyl (C=O) groups is 2. The maximum absolute atomic E-state index is 11.3. The molecule has 11 heavy (non-hydrogen) atoms. The fraction of sp³-hybridized carbons (Fsp3) is 0.750. The van der Waals surface area contributed by atoms with E-state index in [4.69, 9.17) is 0 Å². The molecule has 0 aliphatic heterocycles. The molecule has 64 valence electrons. The molecule has 0 radical (unpaired) electrons. The smallest absolute Gasteiger partial charge is 0.235 e. The summed E-state index contributed by atoms with van der Waals surface area (Å²) >= 11 is 0. The summed E-state index contributed by atoms with van der Waals surface area (Å²) in [4.78, 5) is 23.7. The van der Waals surface area contributed by atoms with E-state index in [1.807, 2.05) is 0 Å². The summed E-state index contributed by atoms with van der Waals surface area (Å²) in [6.07, 6.45) is 0. The third kappa shape index (κ3) is 2.03. The van der Waals surface area contributed by atoms with E-state index in [9.17, 15) is 9.59 Å². The molecule has 3 heteroatoms. The van der Waals surface area contributed by atoms with Gasteiger partial charge >= 0.3 is 0 Å². The average molecular weight is 157 g/mol. The van der Waals surface area contributed by atoms with Crippen LogP contribution in [0.3, 0.4) is 0 Å². The van der Waals surface area contributed by atoms with Crippen LogP contribution in [-0.2, 0) is 9.59 Å². The molecule has 0 heterocycles. The van der Waals surface area contributed by atoms with Gasteiger partial charge in [0.15, 0.2) is 0 Å². The lowest BCUT2D eigenvalue weighted by Crippen LogP contribution is -2.40. The van der Waals surface area contributed by atoms with Crippen LogP contribution >= 0.6 is 0 Å². The second-order valence-electron chi connectivity index (χ2n) is 3.38. The highest BCUT2D eigenvalue weighted by molar-refractivity contribution is 6.03. The summed E-state index contributed by atoms with van der Waals surface area (Å²) < 4.78 is 0. The van der Waals surface area contributed by atoms with E-state index >= 15 is 0 Å². The quantitative estimate of drug-likeness (QED) is 0.553. The van der Waals surface area contributed by atoms with Gasteiger partial charge in [-0.05, 0) is 20.8 Å². The molecule has 0 rings (SSSR count). The van der Waals surface area contributed by atoms with E-state index in [1.165, 1.54) is 11.8 Å². The molecule has 0 atom stereocenters. The lowest BCUT2D eigenvalue weighted by Gasteiger charge is -2.23. The van der Waals surface area contributed by atoms with Crippen LogP contribution in [0.25, 0.3) is 0 Å². The van der Waals surface area contributed by atoms with E-state index in [2.05, 4.69) is 0 Å².